The zero-order valence-electron chi connectivity index (χ0n) is 17.0. The molecule has 2 nitrogen and oxygen atoms in total. The van der Waals surface area contributed by atoms with E-state index < -0.39 is 8.07 Å². The van der Waals surface area contributed by atoms with Crippen LogP contribution in [0.2, 0.25) is 18.1 Å². The average molecular weight is 372 g/mol. The maximum atomic E-state index is 10.9. The van der Waals surface area contributed by atoms with E-state index in [1.165, 1.54) is 48.3 Å². The smallest absolute Gasteiger partial charge is 0.107 e. The van der Waals surface area contributed by atoms with Crippen molar-refractivity contribution in [1.29, 1.82) is 0 Å². The number of aromatic nitrogens is 1. The van der Waals surface area contributed by atoms with Crippen molar-refractivity contribution in [2.75, 3.05) is 0 Å². The first-order valence-corrected chi connectivity index (χ1v) is 13.5. The van der Waals surface area contributed by atoms with Gasteiger partial charge >= 0.3 is 0 Å². The number of aliphatic hydroxyl groups is 1. The molecule has 2 N–H and O–H groups in total. The molecule has 144 valence electrons. The molecule has 0 radical (unpaired) electrons. The third-order valence-corrected chi connectivity index (χ3v) is 12.8. The Morgan fingerprint density at radius 1 is 1.00 bits per heavy atom. The van der Waals surface area contributed by atoms with E-state index in [0.29, 0.717) is 0 Å². The summed E-state index contributed by atoms with van der Waals surface area (Å²) in [7, 11) is -1.45. The van der Waals surface area contributed by atoms with Gasteiger partial charge in [-0.2, -0.15) is 0 Å². The molecule has 0 bridgehead atoms. The summed E-state index contributed by atoms with van der Waals surface area (Å²) < 4.78 is 0. The lowest BCUT2D eigenvalue weighted by atomic mass is 9.81. The van der Waals surface area contributed by atoms with Crippen LogP contribution in [0.5, 0.6) is 0 Å². The SMILES string of the molecule is CC[Si](CC)(CC)c1[nH]c2ccccc2c1CCCC1(O)CCCCC1. The minimum absolute atomic E-state index is 0.390. The lowest BCUT2D eigenvalue weighted by Crippen LogP contribution is -2.48. The molecule has 1 fully saturated rings. The second-order valence-corrected chi connectivity index (χ2v) is 13.7. The summed E-state index contributed by atoms with van der Waals surface area (Å²) in [5.74, 6) is 0. The lowest BCUT2D eigenvalue weighted by molar-refractivity contribution is -0.00524. The maximum absolute atomic E-state index is 10.9. The number of hydrogen-bond acceptors (Lipinski definition) is 1. The molecular weight excluding hydrogens is 334 g/mol. The summed E-state index contributed by atoms with van der Waals surface area (Å²) in [6.45, 7) is 7.16. The molecule has 26 heavy (non-hydrogen) atoms. The van der Waals surface area contributed by atoms with Crippen molar-refractivity contribution in [3.8, 4) is 0 Å². The fourth-order valence-corrected chi connectivity index (χ4v) is 9.11. The van der Waals surface area contributed by atoms with Crippen LogP contribution in [-0.4, -0.2) is 23.8 Å². The Morgan fingerprint density at radius 2 is 1.65 bits per heavy atom. The van der Waals surface area contributed by atoms with E-state index in [0.717, 1.165) is 32.1 Å². The van der Waals surface area contributed by atoms with Crippen LogP contribution < -0.4 is 5.32 Å². The number of hydrogen-bond donors (Lipinski definition) is 2. The number of aryl methyl sites for hydroxylation is 1. The number of nitrogens with one attached hydrogen (secondary N) is 1. The first-order valence-electron chi connectivity index (χ1n) is 10.9. The van der Waals surface area contributed by atoms with E-state index >= 15 is 0 Å². The highest BCUT2D eigenvalue weighted by molar-refractivity contribution is 6.91. The maximum Gasteiger partial charge on any atom is 0.107 e. The molecule has 3 rings (SSSR count). The van der Waals surface area contributed by atoms with Gasteiger partial charge in [0.25, 0.3) is 0 Å². The molecule has 1 aliphatic carbocycles. The normalized spacial score (nSPS) is 17.7. The topological polar surface area (TPSA) is 36.0 Å². The fourth-order valence-electron chi connectivity index (χ4n) is 5.25. The fraction of sp³-hybridized carbons (Fsp3) is 0.652. The van der Waals surface area contributed by atoms with Gasteiger partial charge in [0.05, 0.1) is 5.60 Å². The van der Waals surface area contributed by atoms with Crippen LogP contribution in [0.15, 0.2) is 24.3 Å². The number of rotatable bonds is 8. The second kappa shape index (κ2) is 8.31. The molecule has 0 saturated heterocycles. The standard InChI is InChI=1S/C23H37NOSi/c1-4-26(5-2,6-3)22-20(19-13-8-9-15-21(19)24-22)14-12-18-23(25)16-10-7-11-17-23/h8-9,13,15,24-25H,4-7,10-12,14,16-18H2,1-3H3. The van der Waals surface area contributed by atoms with Gasteiger partial charge < -0.3 is 10.1 Å². The van der Waals surface area contributed by atoms with Gasteiger partial charge in [-0.1, -0.05) is 76.4 Å². The molecule has 0 atom stereocenters. The van der Waals surface area contributed by atoms with E-state index in [1.54, 1.807) is 10.9 Å². The van der Waals surface area contributed by atoms with Gasteiger partial charge in [-0.25, -0.2) is 0 Å². The number of H-pyrrole nitrogens is 1. The van der Waals surface area contributed by atoms with Gasteiger partial charge in [-0.3, -0.25) is 0 Å². The molecule has 0 aliphatic heterocycles. The van der Waals surface area contributed by atoms with Crippen molar-refractivity contribution in [2.24, 2.45) is 0 Å². The number of aromatic amines is 1. The van der Waals surface area contributed by atoms with Gasteiger partial charge in [0.2, 0.25) is 0 Å². The van der Waals surface area contributed by atoms with Crippen LogP contribution >= 0.6 is 0 Å². The Labute approximate surface area is 160 Å². The molecule has 1 aromatic carbocycles. The molecule has 0 spiro atoms. The number of fused-ring (bicyclic) bond motifs is 1. The van der Waals surface area contributed by atoms with E-state index in [9.17, 15) is 5.11 Å². The summed E-state index contributed by atoms with van der Waals surface area (Å²) in [6, 6.07) is 12.8. The van der Waals surface area contributed by atoms with Crippen LogP contribution in [0.3, 0.4) is 0 Å². The van der Waals surface area contributed by atoms with E-state index in [2.05, 4.69) is 50.0 Å². The van der Waals surface area contributed by atoms with Crippen LogP contribution in [-0.2, 0) is 6.42 Å². The summed E-state index contributed by atoms with van der Waals surface area (Å²) in [5, 5.41) is 13.9. The Kier molecular flexibility index (Phi) is 6.29. The monoisotopic (exact) mass is 371 g/mol. The summed E-state index contributed by atoms with van der Waals surface area (Å²) >= 11 is 0. The highest BCUT2D eigenvalue weighted by Crippen LogP contribution is 2.33. The molecule has 1 saturated carbocycles. The summed E-state index contributed by atoms with van der Waals surface area (Å²) in [6.07, 6.45) is 8.89. The van der Waals surface area contributed by atoms with Crippen molar-refractivity contribution in [3.63, 3.8) is 0 Å². The quantitative estimate of drug-likeness (QED) is 0.557. The molecule has 3 heteroatoms. The Bertz CT molecular complexity index is 702. The predicted octanol–water partition coefficient (Wildman–Crippen LogP) is 5.90. The highest BCUT2D eigenvalue weighted by atomic mass is 28.3. The first kappa shape index (κ1) is 19.7. The molecule has 1 aromatic heterocycles. The van der Waals surface area contributed by atoms with Crippen LogP contribution in [0.25, 0.3) is 10.9 Å². The van der Waals surface area contributed by atoms with Gasteiger partial charge in [-0.15, -0.1) is 0 Å². The van der Waals surface area contributed by atoms with Crippen LogP contribution in [0.1, 0.15) is 71.3 Å². The van der Waals surface area contributed by atoms with Gasteiger partial charge in [-0.05, 0) is 43.7 Å². The first-order chi connectivity index (χ1) is 12.6. The third-order valence-electron chi connectivity index (χ3n) is 7.23. The van der Waals surface area contributed by atoms with Crippen LogP contribution in [0, 0.1) is 0 Å². The van der Waals surface area contributed by atoms with Crippen molar-refractivity contribution >= 4 is 24.3 Å². The zero-order valence-corrected chi connectivity index (χ0v) is 18.0. The van der Waals surface area contributed by atoms with Crippen molar-refractivity contribution in [1.82, 2.24) is 4.98 Å². The van der Waals surface area contributed by atoms with Crippen molar-refractivity contribution in [3.05, 3.63) is 29.8 Å². The molecule has 1 heterocycles. The molecule has 2 aromatic rings. The van der Waals surface area contributed by atoms with E-state index in [-0.39, 0.29) is 5.60 Å². The summed E-state index contributed by atoms with van der Waals surface area (Å²) in [4.78, 5) is 3.86. The lowest BCUT2D eigenvalue weighted by Gasteiger charge is -2.32. The van der Waals surface area contributed by atoms with Crippen molar-refractivity contribution in [2.45, 2.75) is 95.9 Å². The van der Waals surface area contributed by atoms with E-state index in [4.69, 9.17) is 0 Å². The van der Waals surface area contributed by atoms with E-state index in [1.807, 2.05) is 0 Å². The Morgan fingerprint density at radius 3 is 2.31 bits per heavy atom. The molecule has 0 amide bonds. The Balaban J connectivity index is 1.87. The minimum Gasteiger partial charge on any atom is -0.390 e. The number of benzene rings is 1. The molecule has 0 unspecified atom stereocenters. The average Bonchev–Trinajstić information content (AvgIpc) is 3.04. The minimum atomic E-state index is -1.45. The predicted molar refractivity (Wildman–Crippen MR) is 116 cm³/mol. The van der Waals surface area contributed by atoms with Crippen molar-refractivity contribution < 1.29 is 5.11 Å². The van der Waals surface area contributed by atoms with Gasteiger partial charge in [0.1, 0.15) is 8.07 Å². The van der Waals surface area contributed by atoms with Crippen LogP contribution in [0.4, 0.5) is 0 Å². The number of para-hydroxylation sites is 1. The third kappa shape index (κ3) is 3.79. The zero-order chi connectivity index (χ0) is 18.6. The van der Waals surface area contributed by atoms with Gasteiger partial charge in [0.15, 0.2) is 0 Å². The molecule has 1 aliphatic rings. The Hall–Kier alpha value is -1.06. The largest absolute Gasteiger partial charge is 0.390 e. The van der Waals surface area contributed by atoms with Gasteiger partial charge in [0, 0.05) is 16.2 Å². The summed E-state index contributed by atoms with van der Waals surface area (Å²) in [5.41, 5.74) is 2.48. The highest BCUT2D eigenvalue weighted by Gasteiger charge is 2.34. The molecular formula is C23H37NOSi. The second-order valence-electron chi connectivity index (χ2n) is 8.50.